The molecule has 0 unspecified atom stereocenters. The van der Waals surface area contributed by atoms with Gasteiger partial charge in [0.2, 0.25) is 0 Å². The van der Waals surface area contributed by atoms with Crippen LogP contribution < -0.4 is 14.8 Å². The number of hydrogen-bond donors (Lipinski definition) is 1. The third-order valence-corrected chi connectivity index (χ3v) is 8.43. The quantitative estimate of drug-likeness (QED) is 0.115. The highest BCUT2D eigenvalue weighted by atomic mass is 32.1. The minimum absolute atomic E-state index is 0. The first kappa shape index (κ1) is 40.7. The molecule has 1 aromatic heterocycles. The Morgan fingerprint density at radius 2 is 1.39 bits per heavy atom. The first-order valence-corrected chi connectivity index (χ1v) is 16.9. The topological polar surface area (TPSA) is 141 Å². The molecule has 0 aliphatic rings. The minimum atomic E-state index is -3.24. The standard InChI is InChI=1S/C19H27N2O6PS.C12H16O4.CH4/c1-5-25-28(23,26-6-2)12-16-13-29-19(20-16)21-18(22)15-8-7-9-17(10-15)27-14(3)11-24-4;1-9(8-14-2)16-11-6-4-5-10(7-11)12(13)15-3;/h7-10,13-14H,5-6,11-12H2,1-4H3,(H,20,21,22);4-7,9H,8H2,1-3H3;1H4/t14-;9-;/m00./s1. The molecule has 256 valence electrons. The fraction of sp³-hybridized carbons (Fsp3) is 0.469. The Balaban J connectivity index is 0.000000529. The van der Waals surface area contributed by atoms with Crippen LogP contribution in [0.5, 0.6) is 11.5 Å². The van der Waals surface area contributed by atoms with Crippen LogP contribution in [0, 0.1) is 0 Å². The van der Waals surface area contributed by atoms with E-state index >= 15 is 0 Å². The molecule has 0 radical (unpaired) electrons. The summed E-state index contributed by atoms with van der Waals surface area (Å²) in [5.74, 6) is 0.530. The van der Waals surface area contributed by atoms with Crippen molar-refractivity contribution in [3.8, 4) is 11.5 Å². The van der Waals surface area contributed by atoms with E-state index in [0.29, 0.717) is 46.7 Å². The number of nitrogens with one attached hydrogen (secondary N) is 1. The third-order valence-electron chi connectivity index (χ3n) is 5.61. The van der Waals surface area contributed by atoms with Crippen molar-refractivity contribution < 1.29 is 46.9 Å². The third kappa shape index (κ3) is 14.4. The molecule has 46 heavy (non-hydrogen) atoms. The number of thiazole rings is 1. The smallest absolute Gasteiger partial charge is 0.337 e. The first-order chi connectivity index (χ1) is 21.6. The van der Waals surface area contributed by atoms with E-state index in [1.54, 1.807) is 82.0 Å². The van der Waals surface area contributed by atoms with Crippen LogP contribution in [0.3, 0.4) is 0 Å². The Bertz CT molecular complexity index is 1380. The van der Waals surface area contributed by atoms with Gasteiger partial charge >= 0.3 is 13.6 Å². The molecular weight excluding hydrogens is 635 g/mol. The Hall–Kier alpha value is -3.32. The first-order valence-electron chi connectivity index (χ1n) is 14.3. The number of carbonyl (C=O) groups excluding carboxylic acids is 2. The minimum Gasteiger partial charge on any atom is -0.488 e. The summed E-state index contributed by atoms with van der Waals surface area (Å²) >= 11 is 1.25. The van der Waals surface area contributed by atoms with Gasteiger partial charge in [0.25, 0.3) is 5.91 Å². The van der Waals surface area contributed by atoms with E-state index in [0.717, 1.165) is 0 Å². The molecule has 2 atom stereocenters. The summed E-state index contributed by atoms with van der Waals surface area (Å²) in [5, 5.41) is 4.89. The molecule has 0 aliphatic heterocycles. The second-order valence-corrected chi connectivity index (χ2v) is 12.4. The number of anilines is 1. The Morgan fingerprint density at radius 3 is 1.89 bits per heavy atom. The molecular formula is C32H47N2O10PS. The van der Waals surface area contributed by atoms with Crippen LogP contribution in [-0.4, -0.2) is 76.8 Å². The lowest BCUT2D eigenvalue weighted by atomic mass is 10.2. The van der Waals surface area contributed by atoms with Gasteiger partial charge in [0.1, 0.15) is 23.7 Å². The lowest BCUT2D eigenvalue weighted by molar-refractivity contribution is 0.0598. The van der Waals surface area contributed by atoms with Gasteiger partial charge in [-0.3, -0.25) is 14.7 Å². The fourth-order valence-electron chi connectivity index (χ4n) is 3.85. The number of benzene rings is 2. The van der Waals surface area contributed by atoms with Crippen molar-refractivity contribution in [2.75, 3.05) is 53.1 Å². The van der Waals surface area contributed by atoms with Crippen molar-refractivity contribution in [2.24, 2.45) is 0 Å². The normalized spacial score (nSPS) is 12.1. The molecule has 3 rings (SSSR count). The number of esters is 1. The van der Waals surface area contributed by atoms with Crippen LogP contribution in [-0.2, 0) is 34.0 Å². The summed E-state index contributed by atoms with van der Waals surface area (Å²) in [5.41, 5.74) is 1.46. The number of nitrogens with zero attached hydrogens (tertiary/aromatic N) is 1. The van der Waals surface area contributed by atoms with E-state index in [-0.39, 0.29) is 50.9 Å². The van der Waals surface area contributed by atoms with Gasteiger partial charge in [-0.15, -0.1) is 11.3 Å². The van der Waals surface area contributed by atoms with Crippen molar-refractivity contribution in [1.82, 2.24) is 4.98 Å². The summed E-state index contributed by atoms with van der Waals surface area (Å²) in [6.45, 7) is 8.82. The second-order valence-electron chi connectivity index (χ2n) is 9.52. The lowest BCUT2D eigenvalue weighted by Crippen LogP contribution is -2.18. The van der Waals surface area contributed by atoms with Crippen molar-refractivity contribution >= 4 is 35.9 Å². The number of ether oxygens (including phenoxy) is 5. The molecule has 1 amide bonds. The SMILES string of the molecule is C.CCOP(=O)(Cc1csc(NC(=O)c2cccc(O[C@@H](C)COC)c2)n1)OCC.COC[C@H](C)Oc1cccc(C(=O)OC)c1. The zero-order valence-electron chi connectivity index (χ0n) is 26.8. The molecule has 14 heteroatoms. The van der Waals surface area contributed by atoms with Gasteiger partial charge in [-0.25, -0.2) is 9.78 Å². The molecule has 0 saturated heterocycles. The van der Waals surface area contributed by atoms with E-state index in [1.165, 1.54) is 18.4 Å². The van der Waals surface area contributed by atoms with Crippen LogP contribution in [0.25, 0.3) is 0 Å². The zero-order chi connectivity index (χ0) is 33.2. The largest absolute Gasteiger partial charge is 0.488 e. The maximum atomic E-state index is 12.6. The highest BCUT2D eigenvalue weighted by Gasteiger charge is 2.26. The highest BCUT2D eigenvalue weighted by Crippen LogP contribution is 2.51. The number of amides is 1. The summed E-state index contributed by atoms with van der Waals surface area (Å²) in [6, 6.07) is 13.8. The highest BCUT2D eigenvalue weighted by molar-refractivity contribution is 7.53. The van der Waals surface area contributed by atoms with Crippen molar-refractivity contribution in [3.05, 3.63) is 70.7 Å². The Morgan fingerprint density at radius 1 is 0.870 bits per heavy atom. The number of rotatable bonds is 17. The molecule has 0 fully saturated rings. The van der Waals surface area contributed by atoms with Gasteiger partial charge in [-0.1, -0.05) is 19.6 Å². The number of carbonyl (C=O) groups is 2. The van der Waals surface area contributed by atoms with E-state index in [9.17, 15) is 14.2 Å². The summed E-state index contributed by atoms with van der Waals surface area (Å²) in [6.07, 6.45) is -0.133. The van der Waals surface area contributed by atoms with Crippen molar-refractivity contribution in [3.63, 3.8) is 0 Å². The fourth-order valence-corrected chi connectivity index (χ4v) is 6.29. The van der Waals surface area contributed by atoms with Crippen molar-refractivity contribution in [1.29, 1.82) is 0 Å². The average molecular weight is 683 g/mol. The molecule has 2 aromatic carbocycles. The van der Waals surface area contributed by atoms with E-state index in [4.69, 9.17) is 28.0 Å². The summed E-state index contributed by atoms with van der Waals surface area (Å²) in [7, 11) is 1.33. The average Bonchev–Trinajstić information content (AvgIpc) is 3.43. The predicted molar refractivity (Wildman–Crippen MR) is 180 cm³/mol. The molecule has 0 saturated carbocycles. The zero-order valence-corrected chi connectivity index (χ0v) is 28.5. The lowest BCUT2D eigenvalue weighted by Gasteiger charge is -2.15. The molecule has 12 nitrogen and oxygen atoms in total. The maximum absolute atomic E-state index is 12.6. The van der Waals surface area contributed by atoms with Crippen LogP contribution in [0.2, 0.25) is 0 Å². The number of hydrogen-bond acceptors (Lipinski definition) is 12. The molecule has 1 N–H and O–H groups in total. The van der Waals surface area contributed by atoms with E-state index in [2.05, 4.69) is 15.0 Å². The van der Waals surface area contributed by atoms with Gasteiger partial charge in [0.15, 0.2) is 5.13 Å². The molecule has 3 aromatic rings. The molecule has 1 heterocycles. The number of aromatic nitrogens is 1. The summed E-state index contributed by atoms with van der Waals surface area (Å²) in [4.78, 5) is 28.2. The second kappa shape index (κ2) is 21.5. The Kier molecular flexibility index (Phi) is 19.0. The molecule has 0 bridgehead atoms. The van der Waals surface area contributed by atoms with E-state index in [1.807, 2.05) is 13.8 Å². The van der Waals surface area contributed by atoms with Gasteiger partial charge in [-0.2, -0.15) is 0 Å². The van der Waals surface area contributed by atoms with Crippen LogP contribution in [0.15, 0.2) is 53.9 Å². The van der Waals surface area contributed by atoms with Crippen LogP contribution in [0.4, 0.5) is 5.13 Å². The maximum Gasteiger partial charge on any atom is 0.337 e. The Labute approximate surface area is 276 Å². The summed E-state index contributed by atoms with van der Waals surface area (Å²) < 4.78 is 49.1. The van der Waals surface area contributed by atoms with Gasteiger partial charge in [-0.05, 0) is 64.1 Å². The van der Waals surface area contributed by atoms with Crippen LogP contribution in [0.1, 0.15) is 61.5 Å². The van der Waals surface area contributed by atoms with Gasteiger partial charge < -0.3 is 32.7 Å². The van der Waals surface area contributed by atoms with Gasteiger partial charge in [0.05, 0.1) is 51.0 Å². The van der Waals surface area contributed by atoms with Crippen molar-refractivity contribution in [2.45, 2.75) is 53.5 Å². The van der Waals surface area contributed by atoms with Crippen LogP contribution >= 0.6 is 18.9 Å². The van der Waals surface area contributed by atoms with E-state index < -0.39 is 7.60 Å². The molecule has 0 aliphatic carbocycles. The van der Waals surface area contributed by atoms with Gasteiger partial charge in [0, 0.05) is 25.2 Å². The predicted octanol–water partition coefficient (Wildman–Crippen LogP) is 7.10. The molecule has 0 spiro atoms. The monoisotopic (exact) mass is 682 g/mol. The number of methoxy groups -OCH3 is 3.